The highest BCUT2D eigenvalue weighted by atomic mass is 35.5. The minimum absolute atomic E-state index is 0.0725. The minimum Gasteiger partial charge on any atom is -0.308 e. The third kappa shape index (κ3) is 4.20. The average Bonchev–Trinajstić information content (AvgIpc) is 3.15. The number of fused-ring (bicyclic) bond motifs is 3. The molecule has 5 rings (SSSR count). The second-order valence-electron chi connectivity index (χ2n) is 8.34. The van der Waals surface area contributed by atoms with Crippen LogP contribution in [0, 0.1) is 0 Å². The molecule has 0 saturated heterocycles. The number of aromatic nitrogens is 3. The van der Waals surface area contributed by atoms with Crippen LogP contribution in [0.4, 0.5) is 0 Å². The van der Waals surface area contributed by atoms with Crippen LogP contribution in [0.5, 0.6) is 0 Å². The molecule has 1 unspecified atom stereocenters. The molecule has 1 aromatic heterocycles. The molecule has 5 nitrogen and oxygen atoms in total. The summed E-state index contributed by atoms with van der Waals surface area (Å²) in [6.45, 7) is 1.15. The van der Waals surface area contributed by atoms with Gasteiger partial charge in [-0.1, -0.05) is 71.7 Å². The van der Waals surface area contributed by atoms with Gasteiger partial charge < -0.3 is 4.90 Å². The molecule has 1 aliphatic heterocycles. The van der Waals surface area contributed by atoms with Crippen LogP contribution in [0.1, 0.15) is 34.3 Å². The largest absolute Gasteiger partial charge is 0.308 e. The fraction of sp³-hybridized carbons (Fsp3) is 0.192. The lowest BCUT2D eigenvalue weighted by molar-refractivity contribution is 0.384. The molecular formula is C26H23Cl2N5. The van der Waals surface area contributed by atoms with Gasteiger partial charge in [-0.3, -0.25) is 9.56 Å². The Morgan fingerprint density at radius 2 is 1.70 bits per heavy atom. The summed E-state index contributed by atoms with van der Waals surface area (Å²) < 4.78 is 2.13. The summed E-state index contributed by atoms with van der Waals surface area (Å²) in [4.78, 5) is 7.08. The third-order valence-electron chi connectivity index (χ3n) is 5.78. The zero-order valence-corrected chi connectivity index (χ0v) is 19.9. The number of halogens is 2. The Morgan fingerprint density at radius 1 is 0.939 bits per heavy atom. The first-order valence-corrected chi connectivity index (χ1v) is 11.5. The maximum atomic E-state index is 6.64. The quantitative estimate of drug-likeness (QED) is 0.376. The molecule has 1 aliphatic rings. The Kier molecular flexibility index (Phi) is 6.02. The molecule has 3 aromatic carbocycles. The van der Waals surface area contributed by atoms with Crippen molar-refractivity contribution in [1.29, 1.82) is 0 Å². The van der Waals surface area contributed by atoms with E-state index in [0.29, 0.717) is 16.6 Å². The van der Waals surface area contributed by atoms with E-state index in [1.165, 1.54) is 0 Å². The van der Waals surface area contributed by atoms with E-state index in [1.54, 1.807) is 0 Å². The number of hydrogen-bond donors (Lipinski definition) is 0. The Labute approximate surface area is 203 Å². The zero-order valence-electron chi connectivity index (χ0n) is 18.4. The molecule has 0 spiro atoms. The van der Waals surface area contributed by atoms with Gasteiger partial charge in [0.2, 0.25) is 0 Å². The highest BCUT2D eigenvalue weighted by Crippen LogP contribution is 2.34. The Morgan fingerprint density at radius 3 is 2.45 bits per heavy atom. The molecule has 0 bridgehead atoms. The SMILES string of the molecule is CN(C)CC(c1ccccc1Cl)c1nnc2n1-c1ccc(Cl)cc1C(c1ccccc1)=NC2. The van der Waals surface area contributed by atoms with Crippen LogP contribution in [0.3, 0.4) is 0 Å². The Bertz CT molecular complexity index is 1330. The molecule has 0 radical (unpaired) electrons. The van der Waals surface area contributed by atoms with Crippen LogP contribution in [-0.4, -0.2) is 46.0 Å². The van der Waals surface area contributed by atoms with Crippen molar-refractivity contribution in [2.45, 2.75) is 12.5 Å². The van der Waals surface area contributed by atoms with Gasteiger partial charge in [0.1, 0.15) is 12.4 Å². The normalized spacial score (nSPS) is 13.8. The molecule has 0 aliphatic carbocycles. The highest BCUT2D eigenvalue weighted by molar-refractivity contribution is 6.32. The van der Waals surface area contributed by atoms with Crippen molar-refractivity contribution in [3.63, 3.8) is 0 Å². The lowest BCUT2D eigenvalue weighted by atomic mass is 9.96. The van der Waals surface area contributed by atoms with Crippen molar-refractivity contribution in [2.75, 3.05) is 20.6 Å². The number of nitrogens with zero attached hydrogens (tertiary/aromatic N) is 5. The molecule has 0 saturated carbocycles. The van der Waals surface area contributed by atoms with Crippen LogP contribution in [0.15, 0.2) is 77.8 Å². The van der Waals surface area contributed by atoms with Crippen molar-refractivity contribution < 1.29 is 0 Å². The van der Waals surface area contributed by atoms with E-state index in [2.05, 4.69) is 37.9 Å². The summed E-state index contributed by atoms with van der Waals surface area (Å²) in [5.41, 5.74) is 4.87. The van der Waals surface area contributed by atoms with E-state index in [0.717, 1.165) is 46.3 Å². The molecule has 4 aromatic rings. The molecule has 0 N–H and O–H groups in total. The summed E-state index contributed by atoms with van der Waals surface area (Å²) in [7, 11) is 4.10. The average molecular weight is 476 g/mol. The third-order valence-corrected chi connectivity index (χ3v) is 6.35. The first-order valence-electron chi connectivity index (χ1n) is 10.8. The Hall–Kier alpha value is -2.99. The van der Waals surface area contributed by atoms with Crippen LogP contribution in [0.25, 0.3) is 5.69 Å². The second-order valence-corrected chi connectivity index (χ2v) is 9.18. The molecule has 166 valence electrons. The molecule has 2 heterocycles. The predicted molar refractivity (Wildman–Crippen MR) is 134 cm³/mol. The summed E-state index contributed by atoms with van der Waals surface area (Å²) in [5, 5.41) is 10.6. The van der Waals surface area contributed by atoms with Gasteiger partial charge in [0.25, 0.3) is 0 Å². The molecule has 33 heavy (non-hydrogen) atoms. The topological polar surface area (TPSA) is 46.3 Å². The predicted octanol–water partition coefficient (Wildman–Crippen LogP) is 5.62. The fourth-order valence-electron chi connectivity index (χ4n) is 4.33. The van der Waals surface area contributed by atoms with Gasteiger partial charge >= 0.3 is 0 Å². The van der Waals surface area contributed by atoms with E-state index in [-0.39, 0.29) is 5.92 Å². The Balaban J connectivity index is 1.72. The molecule has 7 heteroatoms. The first kappa shape index (κ1) is 21.8. The number of likely N-dealkylation sites (N-methyl/N-ethyl adjacent to an activating group) is 1. The number of hydrogen-bond acceptors (Lipinski definition) is 4. The summed E-state index contributed by atoms with van der Waals surface area (Å²) in [6, 6.07) is 24.0. The van der Waals surface area contributed by atoms with Crippen LogP contribution in [-0.2, 0) is 6.54 Å². The standard InChI is InChI=1S/C26H23Cl2N5/c1-32(2)16-21(19-10-6-7-11-22(19)28)26-31-30-24-15-29-25(17-8-4-3-5-9-17)20-14-18(27)12-13-23(20)33(24)26/h3-14,21H,15-16H2,1-2H3. The van der Waals surface area contributed by atoms with Crippen molar-refractivity contribution in [2.24, 2.45) is 4.99 Å². The van der Waals surface area contributed by atoms with E-state index >= 15 is 0 Å². The second kappa shape index (κ2) is 9.10. The number of aliphatic imine (C=N–C) groups is 1. The van der Waals surface area contributed by atoms with E-state index in [1.807, 2.05) is 68.7 Å². The van der Waals surface area contributed by atoms with E-state index in [9.17, 15) is 0 Å². The maximum Gasteiger partial charge on any atom is 0.159 e. The van der Waals surface area contributed by atoms with Gasteiger partial charge in [0.15, 0.2) is 5.82 Å². The number of rotatable bonds is 5. The summed E-state index contributed by atoms with van der Waals surface area (Å²) >= 11 is 13.1. The van der Waals surface area contributed by atoms with Crippen molar-refractivity contribution >= 4 is 28.9 Å². The van der Waals surface area contributed by atoms with Gasteiger partial charge in [0, 0.05) is 27.7 Å². The van der Waals surface area contributed by atoms with E-state index < -0.39 is 0 Å². The van der Waals surface area contributed by atoms with Gasteiger partial charge in [-0.05, 0) is 43.9 Å². The lowest BCUT2D eigenvalue weighted by Crippen LogP contribution is -2.24. The first-order chi connectivity index (χ1) is 16.0. The monoisotopic (exact) mass is 475 g/mol. The van der Waals surface area contributed by atoms with E-state index in [4.69, 9.17) is 28.2 Å². The molecule has 0 fully saturated rings. The summed E-state index contributed by atoms with van der Waals surface area (Å²) in [6.07, 6.45) is 0. The lowest BCUT2D eigenvalue weighted by Gasteiger charge is -2.23. The zero-order chi connectivity index (χ0) is 22.9. The van der Waals surface area contributed by atoms with Gasteiger partial charge in [-0.2, -0.15) is 0 Å². The van der Waals surface area contributed by atoms with Crippen molar-refractivity contribution in [1.82, 2.24) is 19.7 Å². The number of benzene rings is 3. The van der Waals surface area contributed by atoms with Crippen LogP contribution >= 0.6 is 23.2 Å². The highest BCUT2D eigenvalue weighted by Gasteiger charge is 2.29. The summed E-state index contributed by atoms with van der Waals surface area (Å²) in [5.74, 6) is 1.55. The minimum atomic E-state index is -0.0725. The van der Waals surface area contributed by atoms with Crippen molar-refractivity contribution in [3.05, 3.63) is 111 Å². The smallest absolute Gasteiger partial charge is 0.159 e. The van der Waals surface area contributed by atoms with Crippen LogP contribution in [0.2, 0.25) is 10.0 Å². The van der Waals surface area contributed by atoms with Gasteiger partial charge in [0.05, 0.1) is 17.3 Å². The van der Waals surface area contributed by atoms with Gasteiger partial charge in [-0.15, -0.1) is 10.2 Å². The van der Waals surface area contributed by atoms with Crippen LogP contribution < -0.4 is 0 Å². The molecule has 1 atom stereocenters. The van der Waals surface area contributed by atoms with Gasteiger partial charge in [-0.25, -0.2) is 0 Å². The fourth-order valence-corrected chi connectivity index (χ4v) is 4.77. The molecular weight excluding hydrogens is 453 g/mol. The maximum absolute atomic E-state index is 6.64. The molecule has 0 amide bonds. The van der Waals surface area contributed by atoms with Crippen molar-refractivity contribution in [3.8, 4) is 5.69 Å².